The molecule has 2 N–H and O–H groups in total. The Balaban J connectivity index is 1.97. The lowest BCUT2D eigenvalue weighted by Gasteiger charge is -2.06. The predicted octanol–water partition coefficient (Wildman–Crippen LogP) is 3.20. The van der Waals surface area contributed by atoms with Crippen LogP contribution in [0.1, 0.15) is 10.4 Å². The van der Waals surface area contributed by atoms with Gasteiger partial charge < -0.3 is 5.32 Å². The van der Waals surface area contributed by atoms with E-state index in [4.69, 9.17) is 12.6 Å². The van der Waals surface area contributed by atoms with Gasteiger partial charge in [0.15, 0.2) is 0 Å². The normalized spacial score (nSPS) is 9.68. The Morgan fingerprint density at radius 1 is 0.947 bits per heavy atom. The van der Waals surface area contributed by atoms with E-state index in [-0.39, 0.29) is 0 Å². The number of benzene rings is 2. The maximum atomic E-state index is 11.7. The highest BCUT2D eigenvalue weighted by molar-refractivity contribution is 7.80. The lowest BCUT2D eigenvalue weighted by molar-refractivity contribution is 0.0967. The van der Waals surface area contributed by atoms with Gasteiger partial charge in [0.2, 0.25) is 0 Å². The van der Waals surface area contributed by atoms with Crippen LogP contribution in [0.25, 0.3) is 0 Å². The number of imide groups is 1. The zero-order valence-electron chi connectivity index (χ0n) is 9.92. The van der Waals surface area contributed by atoms with Crippen molar-refractivity contribution in [2.24, 2.45) is 0 Å². The van der Waals surface area contributed by atoms with Crippen molar-refractivity contribution in [3.05, 3.63) is 60.2 Å². The number of carbonyl (C=O) groups is 2. The van der Waals surface area contributed by atoms with Crippen LogP contribution < -0.4 is 10.6 Å². The molecule has 0 aliphatic heterocycles. The lowest BCUT2D eigenvalue weighted by atomic mass is 10.2. The van der Waals surface area contributed by atoms with Gasteiger partial charge in [0.1, 0.15) is 0 Å². The van der Waals surface area contributed by atoms with Gasteiger partial charge in [0.05, 0.1) is 0 Å². The van der Waals surface area contributed by atoms with Crippen molar-refractivity contribution in [3.8, 4) is 0 Å². The third-order valence-corrected chi connectivity index (χ3v) is 2.61. The van der Waals surface area contributed by atoms with Crippen LogP contribution in [0.5, 0.6) is 0 Å². The van der Waals surface area contributed by atoms with Gasteiger partial charge >= 0.3 is 6.03 Å². The highest BCUT2D eigenvalue weighted by Crippen LogP contribution is 2.13. The van der Waals surface area contributed by atoms with Gasteiger partial charge in [-0.05, 0) is 30.3 Å². The molecule has 0 spiro atoms. The molecule has 0 unspecified atom stereocenters. The summed E-state index contributed by atoms with van der Waals surface area (Å²) >= 11 is 4.98. The monoisotopic (exact) mass is 271 g/mol. The average Bonchev–Trinajstić information content (AvgIpc) is 2.39. The largest absolute Gasteiger partial charge is 0.326 e. The summed E-state index contributed by atoms with van der Waals surface area (Å²) in [5.41, 5.74) is 0.973. The maximum Gasteiger partial charge on any atom is 0.326 e. The Hall–Kier alpha value is -2.40. The fraction of sp³-hybridized carbons (Fsp3) is 0. The zero-order valence-corrected chi connectivity index (χ0v) is 10.7. The van der Waals surface area contributed by atoms with Gasteiger partial charge in [-0.15, -0.1) is 0 Å². The molecule has 0 saturated heterocycles. The molecule has 0 aliphatic carbocycles. The number of amides is 3. The van der Waals surface area contributed by atoms with Crippen molar-refractivity contribution in [2.75, 3.05) is 5.32 Å². The Kier molecular flexibility index (Phi) is 4.10. The van der Waals surface area contributed by atoms with Crippen LogP contribution in [0.3, 0.4) is 0 Å². The summed E-state index contributed by atoms with van der Waals surface area (Å²) in [6, 6.07) is 14.7. The van der Waals surface area contributed by atoms with E-state index < -0.39 is 11.9 Å². The molecule has 5 heteroatoms. The third kappa shape index (κ3) is 3.79. The summed E-state index contributed by atoms with van der Waals surface area (Å²) < 4.78 is 0. The first-order valence-electron chi connectivity index (χ1n) is 5.59. The van der Waals surface area contributed by atoms with E-state index in [9.17, 15) is 9.59 Å². The van der Waals surface area contributed by atoms with E-state index in [1.807, 2.05) is 0 Å². The molecule has 2 aromatic rings. The highest BCUT2D eigenvalue weighted by atomic mass is 32.1. The molecule has 0 aliphatic rings. The van der Waals surface area contributed by atoms with Crippen LogP contribution in [0.4, 0.5) is 10.5 Å². The van der Waals surface area contributed by atoms with Gasteiger partial charge in [-0.2, -0.15) is 0 Å². The van der Waals surface area contributed by atoms with E-state index in [2.05, 4.69) is 10.6 Å². The minimum atomic E-state index is -0.588. The van der Waals surface area contributed by atoms with Gasteiger partial charge in [-0.3, -0.25) is 10.1 Å². The van der Waals surface area contributed by atoms with E-state index in [1.165, 1.54) is 0 Å². The van der Waals surface area contributed by atoms with E-state index in [0.717, 1.165) is 0 Å². The molecule has 0 aromatic heterocycles. The third-order valence-electron chi connectivity index (χ3n) is 2.35. The summed E-state index contributed by atoms with van der Waals surface area (Å²) in [7, 11) is 0. The summed E-state index contributed by atoms with van der Waals surface area (Å²) in [6.45, 7) is 0. The molecule has 1 radical (unpaired) electrons. The van der Waals surface area contributed by atoms with Crippen LogP contribution in [0, 0.1) is 0 Å². The molecule has 95 valence electrons. The molecule has 3 amide bonds. The molecule has 0 heterocycles. The first-order valence-corrected chi connectivity index (χ1v) is 6.00. The van der Waals surface area contributed by atoms with Crippen LogP contribution in [-0.4, -0.2) is 11.9 Å². The second-order valence-electron chi connectivity index (χ2n) is 3.80. The molecular formula is C14H11N2O2S. The zero-order chi connectivity index (χ0) is 13.7. The number of hydrogen-bond acceptors (Lipinski definition) is 2. The first kappa shape index (κ1) is 13.0. The minimum Gasteiger partial charge on any atom is -0.308 e. The van der Waals surface area contributed by atoms with Crippen molar-refractivity contribution >= 4 is 30.3 Å². The van der Waals surface area contributed by atoms with Gasteiger partial charge in [0, 0.05) is 16.1 Å². The average molecular weight is 271 g/mol. The van der Waals surface area contributed by atoms with Crippen molar-refractivity contribution in [2.45, 2.75) is 4.90 Å². The Morgan fingerprint density at radius 2 is 1.68 bits per heavy atom. The second kappa shape index (κ2) is 5.97. The fourth-order valence-electron chi connectivity index (χ4n) is 1.50. The number of carbonyl (C=O) groups excluding carboxylic acids is 2. The number of hydrogen-bond donors (Lipinski definition) is 2. The van der Waals surface area contributed by atoms with Crippen molar-refractivity contribution < 1.29 is 9.59 Å². The highest BCUT2D eigenvalue weighted by Gasteiger charge is 2.09. The summed E-state index contributed by atoms with van der Waals surface area (Å²) in [4.78, 5) is 24.0. The van der Waals surface area contributed by atoms with Crippen LogP contribution in [-0.2, 0) is 0 Å². The molecule has 2 rings (SSSR count). The van der Waals surface area contributed by atoms with Crippen LogP contribution in [0.15, 0.2) is 59.5 Å². The van der Waals surface area contributed by atoms with Crippen LogP contribution >= 0.6 is 12.6 Å². The summed E-state index contributed by atoms with van der Waals surface area (Å²) in [6.07, 6.45) is 0. The van der Waals surface area contributed by atoms with E-state index in [1.54, 1.807) is 54.6 Å². The van der Waals surface area contributed by atoms with Gasteiger partial charge in [-0.25, -0.2) is 4.79 Å². The Bertz CT molecular complexity index is 599. The summed E-state index contributed by atoms with van der Waals surface area (Å²) in [5.74, 6) is -0.451. The first-order chi connectivity index (χ1) is 9.15. The summed E-state index contributed by atoms with van der Waals surface area (Å²) in [5, 5.41) is 4.79. The number of urea groups is 1. The van der Waals surface area contributed by atoms with Crippen molar-refractivity contribution in [1.82, 2.24) is 5.32 Å². The lowest BCUT2D eigenvalue weighted by Crippen LogP contribution is -2.34. The molecule has 2 aromatic carbocycles. The number of anilines is 1. The molecular weight excluding hydrogens is 260 g/mol. The smallest absolute Gasteiger partial charge is 0.308 e. The number of rotatable bonds is 2. The van der Waals surface area contributed by atoms with Gasteiger partial charge in [-0.1, -0.05) is 36.9 Å². The van der Waals surface area contributed by atoms with Crippen LogP contribution in [0.2, 0.25) is 0 Å². The van der Waals surface area contributed by atoms with E-state index >= 15 is 0 Å². The molecule has 19 heavy (non-hydrogen) atoms. The molecule has 0 atom stereocenters. The minimum absolute atomic E-state index is 0.426. The van der Waals surface area contributed by atoms with Crippen molar-refractivity contribution in [1.29, 1.82) is 0 Å². The topological polar surface area (TPSA) is 58.2 Å². The standard InChI is InChI=1S/C14H11N2O2S/c17-13(10-5-2-1-3-6-10)16-14(18)15-11-7-4-8-12(19)9-11/h1-9H,(H2,15,16,17,18). The molecule has 0 bridgehead atoms. The molecule has 0 saturated carbocycles. The predicted molar refractivity (Wildman–Crippen MR) is 75.2 cm³/mol. The maximum absolute atomic E-state index is 11.7. The van der Waals surface area contributed by atoms with Crippen molar-refractivity contribution in [3.63, 3.8) is 0 Å². The Morgan fingerprint density at radius 3 is 2.37 bits per heavy atom. The molecule has 0 fully saturated rings. The van der Waals surface area contributed by atoms with E-state index in [0.29, 0.717) is 16.1 Å². The number of nitrogens with one attached hydrogen (secondary N) is 2. The molecule has 4 nitrogen and oxygen atoms in total. The fourth-order valence-corrected chi connectivity index (χ4v) is 1.71. The Labute approximate surface area is 116 Å². The SMILES string of the molecule is O=C(NC(=O)c1ccccc1)Nc1cccc([S])c1. The second-order valence-corrected chi connectivity index (χ2v) is 4.27. The quantitative estimate of drug-likeness (QED) is 0.881. The van der Waals surface area contributed by atoms with Gasteiger partial charge in [0.25, 0.3) is 5.91 Å².